The number of hydrogen-bond donors (Lipinski definition) is 5. The van der Waals surface area contributed by atoms with Crippen molar-refractivity contribution >= 4 is 29.3 Å². The smallest absolute Gasteiger partial charge is 0.268 e. The van der Waals surface area contributed by atoms with Crippen molar-refractivity contribution in [1.29, 1.82) is 5.26 Å². The number of benzene rings is 3. The number of ether oxygens (including phenoxy) is 2. The molecule has 5 N–H and O–H groups in total. The largest absolute Gasteiger partial charge is 0.504 e. The van der Waals surface area contributed by atoms with E-state index in [9.17, 15) is 19.8 Å². The van der Waals surface area contributed by atoms with Gasteiger partial charge in [0.1, 0.15) is 5.75 Å². The zero-order valence-corrected chi connectivity index (χ0v) is 22.8. The monoisotopic (exact) mass is 575 g/mol. The molecule has 0 bridgehead atoms. The molecule has 41 heavy (non-hydrogen) atoms. The Morgan fingerprint density at radius 2 is 1.80 bits per heavy atom. The number of anilines is 1. The van der Waals surface area contributed by atoms with Gasteiger partial charge in [-0.2, -0.15) is 5.26 Å². The highest BCUT2D eigenvalue weighted by atomic mass is 32.2. The van der Waals surface area contributed by atoms with Gasteiger partial charge >= 0.3 is 0 Å². The van der Waals surface area contributed by atoms with E-state index in [2.05, 4.69) is 20.9 Å². The number of aromatic hydroxyl groups is 2. The summed E-state index contributed by atoms with van der Waals surface area (Å²) in [6.07, 6.45) is -1.07. The summed E-state index contributed by atoms with van der Waals surface area (Å²) in [5, 5.41) is 37.6. The lowest BCUT2D eigenvalue weighted by Crippen LogP contribution is -2.41. The van der Waals surface area contributed by atoms with Crippen molar-refractivity contribution in [3.05, 3.63) is 77.4 Å². The van der Waals surface area contributed by atoms with Crippen LogP contribution < -0.4 is 20.7 Å². The lowest BCUT2D eigenvalue weighted by Gasteiger charge is -2.26. The third-order valence-corrected chi connectivity index (χ3v) is 7.71. The van der Waals surface area contributed by atoms with E-state index in [4.69, 9.17) is 14.7 Å². The quantitative estimate of drug-likeness (QED) is 0.190. The molecule has 0 spiro atoms. The molecule has 1 saturated heterocycles. The number of amides is 2. The van der Waals surface area contributed by atoms with Crippen LogP contribution >= 0.6 is 11.8 Å². The van der Waals surface area contributed by atoms with Crippen molar-refractivity contribution in [2.24, 2.45) is 0 Å². The van der Waals surface area contributed by atoms with Crippen molar-refractivity contribution in [1.82, 2.24) is 15.5 Å². The van der Waals surface area contributed by atoms with Gasteiger partial charge in [-0.3, -0.25) is 14.5 Å². The van der Waals surface area contributed by atoms with Gasteiger partial charge in [0.15, 0.2) is 17.0 Å². The summed E-state index contributed by atoms with van der Waals surface area (Å²) in [5.41, 5.74) is 1.42. The molecule has 11 nitrogen and oxygen atoms in total. The number of nitriles is 1. The average molecular weight is 576 g/mol. The SMILES string of the molecule is N#Cc1ccc(OC(C(=O)NC2Nc3cc(O)c(O)cc3S2)c2ccc(C(=O)NCCN3CCOCC3)cc2)cc1. The number of fused-ring (bicyclic) bond motifs is 1. The minimum absolute atomic E-state index is 0.213. The van der Waals surface area contributed by atoms with Crippen molar-refractivity contribution < 1.29 is 29.3 Å². The van der Waals surface area contributed by atoms with Gasteiger partial charge in [0.2, 0.25) is 6.10 Å². The molecule has 3 aromatic carbocycles. The third-order valence-electron chi connectivity index (χ3n) is 6.65. The summed E-state index contributed by atoms with van der Waals surface area (Å²) in [7, 11) is 0. The predicted octanol–water partition coefficient (Wildman–Crippen LogP) is 2.77. The van der Waals surface area contributed by atoms with E-state index in [0.29, 0.717) is 52.8 Å². The minimum Gasteiger partial charge on any atom is -0.504 e. The number of hydrogen-bond acceptors (Lipinski definition) is 10. The maximum Gasteiger partial charge on any atom is 0.268 e. The van der Waals surface area contributed by atoms with Gasteiger partial charge in [0.05, 0.1) is 30.5 Å². The summed E-state index contributed by atoms with van der Waals surface area (Å²) < 4.78 is 11.4. The van der Waals surface area contributed by atoms with Gasteiger partial charge in [-0.05, 0) is 42.5 Å². The second-order valence-corrected chi connectivity index (χ2v) is 10.6. The second-order valence-electron chi connectivity index (χ2n) is 9.45. The van der Waals surface area contributed by atoms with Gasteiger partial charge < -0.3 is 35.6 Å². The number of phenols is 2. The molecule has 212 valence electrons. The number of phenolic OH excluding ortho intramolecular Hbond substituents is 2. The Bertz CT molecular complexity index is 1410. The summed E-state index contributed by atoms with van der Waals surface area (Å²) in [6, 6.07) is 17.9. The summed E-state index contributed by atoms with van der Waals surface area (Å²) in [5.74, 6) is -0.800. The normalized spacial score (nSPS) is 17.0. The Hall–Kier alpha value is -4.44. The number of morpholine rings is 1. The molecule has 2 aliphatic heterocycles. The number of carbonyl (C=O) groups is 2. The summed E-state index contributed by atoms with van der Waals surface area (Å²) >= 11 is 1.27. The highest BCUT2D eigenvalue weighted by Crippen LogP contribution is 2.43. The summed E-state index contributed by atoms with van der Waals surface area (Å²) in [6.45, 7) is 4.34. The van der Waals surface area contributed by atoms with Crippen molar-refractivity contribution in [2.75, 3.05) is 44.7 Å². The van der Waals surface area contributed by atoms with Crippen molar-refractivity contribution in [3.63, 3.8) is 0 Å². The molecule has 5 rings (SSSR count). The first kappa shape index (κ1) is 28.1. The molecule has 2 amide bonds. The van der Waals surface area contributed by atoms with Crippen LogP contribution in [-0.4, -0.2) is 71.8 Å². The summed E-state index contributed by atoms with van der Waals surface area (Å²) in [4.78, 5) is 29.1. The van der Waals surface area contributed by atoms with Crippen molar-refractivity contribution in [3.8, 4) is 23.3 Å². The van der Waals surface area contributed by atoms with Gasteiger partial charge in [0, 0.05) is 48.3 Å². The molecule has 2 heterocycles. The Morgan fingerprint density at radius 1 is 1.10 bits per heavy atom. The molecule has 0 radical (unpaired) electrons. The number of carbonyl (C=O) groups excluding carboxylic acids is 2. The molecule has 2 atom stereocenters. The molecule has 2 aliphatic rings. The van der Waals surface area contributed by atoms with E-state index < -0.39 is 17.5 Å². The lowest BCUT2D eigenvalue weighted by molar-refractivity contribution is -0.128. The van der Waals surface area contributed by atoms with Gasteiger partial charge in [0.25, 0.3) is 11.8 Å². The molecule has 1 fully saturated rings. The molecule has 0 aliphatic carbocycles. The van der Waals surface area contributed by atoms with Crippen LogP contribution in [0.2, 0.25) is 0 Å². The average Bonchev–Trinajstić information content (AvgIpc) is 3.37. The Balaban J connectivity index is 1.27. The zero-order chi connectivity index (χ0) is 28.8. The highest BCUT2D eigenvalue weighted by Gasteiger charge is 2.30. The van der Waals surface area contributed by atoms with Crippen molar-refractivity contribution in [2.45, 2.75) is 16.5 Å². The minimum atomic E-state index is -1.07. The Morgan fingerprint density at radius 3 is 2.51 bits per heavy atom. The second kappa shape index (κ2) is 12.8. The van der Waals surface area contributed by atoms with E-state index in [1.807, 2.05) is 6.07 Å². The number of nitrogens with zero attached hydrogens (tertiary/aromatic N) is 2. The fourth-order valence-corrected chi connectivity index (χ4v) is 5.46. The maximum absolute atomic E-state index is 13.5. The van der Waals surface area contributed by atoms with E-state index in [1.165, 1.54) is 23.9 Å². The van der Waals surface area contributed by atoms with Crippen LogP contribution in [0, 0.1) is 11.3 Å². The van der Waals surface area contributed by atoms with Crippen LogP contribution in [0.1, 0.15) is 27.6 Å². The van der Waals surface area contributed by atoms with Gasteiger partial charge in [-0.25, -0.2) is 0 Å². The first-order valence-corrected chi connectivity index (χ1v) is 13.9. The Labute approximate surface area is 241 Å². The first-order chi connectivity index (χ1) is 19.9. The zero-order valence-electron chi connectivity index (χ0n) is 22.0. The van der Waals surface area contributed by atoms with Crippen LogP contribution in [0.15, 0.2) is 65.6 Å². The predicted molar refractivity (Wildman–Crippen MR) is 152 cm³/mol. The standard InChI is InChI=1S/C29H29N5O6S/c30-17-18-1-7-21(8-2-18)40-26(28(38)33-29-32-22-15-23(35)24(36)16-25(22)41-29)19-3-5-20(6-4-19)27(37)31-9-10-34-11-13-39-14-12-34/h1-8,15-16,26,29,32,35-36H,9-14H2,(H,31,37)(H,33,38). The number of thioether (sulfide) groups is 1. The lowest BCUT2D eigenvalue weighted by atomic mass is 10.1. The first-order valence-electron chi connectivity index (χ1n) is 13.0. The molecule has 12 heteroatoms. The molecule has 3 aromatic rings. The fraction of sp³-hybridized carbons (Fsp3) is 0.276. The maximum atomic E-state index is 13.5. The number of rotatable bonds is 9. The van der Waals surface area contributed by atoms with Crippen LogP contribution in [0.3, 0.4) is 0 Å². The van der Waals surface area contributed by atoms with E-state index in [-0.39, 0.29) is 17.4 Å². The van der Waals surface area contributed by atoms with Crippen LogP contribution in [-0.2, 0) is 9.53 Å². The van der Waals surface area contributed by atoms with Crippen LogP contribution in [0.5, 0.6) is 17.2 Å². The van der Waals surface area contributed by atoms with E-state index in [0.717, 1.165) is 19.6 Å². The molecule has 0 aromatic heterocycles. The Kier molecular flexibility index (Phi) is 8.79. The third kappa shape index (κ3) is 7.01. The molecular weight excluding hydrogens is 546 g/mol. The van der Waals surface area contributed by atoms with Gasteiger partial charge in [-0.1, -0.05) is 23.9 Å². The topological polar surface area (TPSA) is 156 Å². The number of nitrogens with one attached hydrogen (secondary N) is 3. The molecule has 2 unspecified atom stereocenters. The van der Waals surface area contributed by atoms with Gasteiger partial charge in [-0.15, -0.1) is 0 Å². The highest BCUT2D eigenvalue weighted by molar-refractivity contribution is 8.00. The van der Waals surface area contributed by atoms with Crippen LogP contribution in [0.25, 0.3) is 0 Å². The molecule has 0 saturated carbocycles. The van der Waals surface area contributed by atoms with E-state index in [1.54, 1.807) is 48.5 Å². The van der Waals surface area contributed by atoms with E-state index >= 15 is 0 Å². The molecular formula is C29H29N5O6S. The fourth-order valence-electron chi connectivity index (χ4n) is 4.42. The van der Waals surface area contributed by atoms with Crippen LogP contribution in [0.4, 0.5) is 5.69 Å².